The smallest absolute Gasteiger partial charge is 0.237 e. The van der Waals surface area contributed by atoms with Crippen molar-refractivity contribution in [2.75, 3.05) is 7.05 Å². The summed E-state index contributed by atoms with van der Waals surface area (Å²) in [5, 5.41) is 3.06. The summed E-state index contributed by atoms with van der Waals surface area (Å²) < 4.78 is 0. The van der Waals surface area contributed by atoms with Gasteiger partial charge in [-0.3, -0.25) is 4.79 Å². The quantitative estimate of drug-likeness (QED) is 0.656. The number of rotatable bonds is 6. The Hall–Kier alpha value is -0.570. The minimum absolute atomic E-state index is 0.238. The Labute approximate surface area is 81.1 Å². The fourth-order valence-corrected chi connectivity index (χ4v) is 1.56. The Morgan fingerprint density at radius 3 is 2.31 bits per heavy atom. The number of nitrogens with one attached hydrogen (secondary N) is 1. The van der Waals surface area contributed by atoms with Crippen LogP contribution in [0.25, 0.3) is 0 Å². The number of hydrogen-bond acceptors (Lipinski definition) is 2. The van der Waals surface area contributed by atoms with Gasteiger partial charge in [0, 0.05) is 0 Å². The van der Waals surface area contributed by atoms with Crippen LogP contribution in [0.15, 0.2) is 0 Å². The minimum atomic E-state index is -0.505. The fraction of sp³-hybridized carbons (Fsp3) is 0.900. The molecule has 0 heterocycles. The van der Waals surface area contributed by atoms with Crippen molar-refractivity contribution >= 4 is 5.91 Å². The number of carbonyl (C=O) groups is 1. The van der Waals surface area contributed by atoms with Gasteiger partial charge in [0.1, 0.15) is 0 Å². The molecule has 0 rings (SSSR count). The number of amides is 1. The van der Waals surface area contributed by atoms with E-state index in [-0.39, 0.29) is 5.91 Å². The average Bonchev–Trinajstić information content (AvgIpc) is 2.13. The number of hydrogen-bond donors (Lipinski definition) is 2. The molecule has 3 nitrogen and oxygen atoms in total. The summed E-state index contributed by atoms with van der Waals surface area (Å²) in [6.07, 6.45) is 2.66. The highest BCUT2D eigenvalue weighted by Crippen LogP contribution is 2.21. The zero-order valence-electron chi connectivity index (χ0n) is 9.18. The molecule has 0 aliphatic carbocycles. The van der Waals surface area contributed by atoms with Crippen LogP contribution >= 0.6 is 0 Å². The number of nitrogens with two attached hydrogens (primary N) is 1. The van der Waals surface area contributed by atoms with Crippen LogP contribution in [0.2, 0.25) is 0 Å². The number of likely N-dealkylation sites (N-methyl/N-ethyl adjacent to an activating group) is 1. The predicted molar refractivity (Wildman–Crippen MR) is 55.3 cm³/mol. The van der Waals surface area contributed by atoms with Gasteiger partial charge in [-0.2, -0.15) is 0 Å². The van der Waals surface area contributed by atoms with E-state index in [4.69, 9.17) is 5.73 Å². The van der Waals surface area contributed by atoms with Crippen molar-refractivity contribution in [2.45, 2.75) is 45.6 Å². The van der Waals surface area contributed by atoms with Crippen molar-refractivity contribution in [3.8, 4) is 0 Å². The van der Waals surface area contributed by atoms with E-state index in [0.717, 1.165) is 19.3 Å². The first-order chi connectivity index (χ1) is 6.02. The number of carbonyl (C=O) groups excluding carboxylic acids is 1. The Kier molecular flexibility index (Phi) is 4.99. The zero-order chi connectivity index (χ0) is 10.5. The van der Waals surface area contributed by atoms with Crippen LogP contribution in [-0.2, 0) is 4.79 Å². The lowest BCUT2D eigenvalue weighted by molar-refractivity contribution is -0.125. The second-order valence-electron chi connectivity index (χ2n) is 3.77. The molecule has 2 atom stereocenters. The summed E-state index contributed by atoms with van der Waals surface area (Å²) in [7, 11) is 1.80. The Morgan fingerprint density at radius 1 is 1.54 bits per heavy atom. The van der Waals surface area contributed by atoms with Gasteiger partial charge >= 0.3 is 0 Å². The molecule has 0 aromatic carbocycles. The second-order valence-corrected chi connectivity index (χ2v) is 3.77. The third-order valence-corrected chi connectivity index (χ3v) is 2.95. The van der Waals surface area contributed by atoms with Crippen molar-refractivity contribution < 1.29 is 4.79 Å². The summed E-state index contributed by atoms with van der Waals surface area (Å²) in [6.45, 7) is 6.26. The van der Waals surface area contributed by atoms with E-state index in [9.17, 15) is 4.79 Å². The van der Waals surface area contributed by atoms with Crippen LogP contribution in [0.1, 0.15) is 40.0 Å². The van der Waals surface area contributed by atoms with E-state index in [1.807, 2.05) is 6.92 Å². The predicted octanol–water partition coefficient (Wildman–Crippen LogP) is 1.28. The van der Waals surface area contributed by atoms with E-state index in [1.54, 1.807) is 7.05 Å². The van der Waals surface area contributed by atoms with Gasteiger partial charge in [-0.05, 0) is 25.8 Å². The van der Waals surface area contributed by atoms with Gasteiger partial charge in [-0.1, -0.05) is 27.2 Å². The Bertz CT molecular complexity index is 164. The molecule has 2 unspecified atom stereocenters. The van der Waals surface area contributed by atoms with Gasteiger partial charge in [0.15, 0.2) is 0 Å². The normalized spacial score (nSPS) is 17.8. The van der Waals surface area contributed by atoms with E-state index >= 15 is 0 Å². The lowest BCUT2D eigenvalue weighted by Gasteiger charge is -2.31. The third kappa shape index (κ3) is 2.99. The highest BCUT2D eigenvalue weighted by molar-refractivity contribution is 5.84. The van der Waals surface area contributed by atoms with Crippen LogP contribution in [0.5, 0.6) is 0 Å². The van der Waals surface area contributed by atoms with Crippen molar-refractivity contribution in [1.82, 2.24) is 5.32 Å². The Balaban J connectivity index is 4.48. The van der Waals surface area contributed by atoms with Crippen LogP contribution in [0.4, 0.5) is 0 Å². The molecular weight excluding hydrogens is 164 g/mol. The fourth-order valence-electron chi connectivity index (χ4n) is 1.56. The van der Waals surface area contributed by atoms with Crippen LogP contribution in [0, 0.1) is 5.92 Å². The summed E-state index contributed by atoms with van der Waals surface area (Å²) in [5.74, 6) is 0.290. The van der Waals surface area contributed by atoms with Gasteiger partial charge in [0.25, 0.3) is 0 Å². The largest absolute Gasteiger partial charge is 0.368 e. The minimum Gasteiger partial charge on any atom is -0.368 e. The Morgan fingerprint density at radius 2 is 2.08 bits per heavy atom. The molecule has 0 fully saturated rings. The lowest BCUT2D eigenvalue weighted by Crippen LogP contribution is -2.54. The van der Waals surface area contributed by atoms with E-state index < -0.39 is 5.54 Å². The second kappa shape index (κ2) is 5.22. The summed E-state index contributed by atoms with van der Waals surface area (Å²) in [6, 6.07) is 0. The van der Waals surface area contributed by atoms with E-state index in [0.29, 0.717) is 5.92 Å². The third-order valence-electron chi connectivity index (χ3n) is 2.95. The molecule has 1 amide bonds. The molecule has 3 heteroatoms. The molecule has 78 valence electrons. The number of primary amides is 1. The first-order valence-electron chi connectivity index (χ1n) is 5.01. The van der Waals surface area contributed by atoms with Crippen LogP contribution in [-0.4, -0.2) is 18.5 Å². The topological polar surface area (TPSA) is 55.1 Å². The van der Waals surface area contributed by atoms with Crippen LogP contribution < -0.4 is 11.1 Å². The molecule has 0 aromatic rings. The van der Waals surface area contributed by atoms with Crippen molar-refractivity contribution in [1.29, 1.82) is 0 Å². The average molecular weight is 186 g/mol. The molecule has 0 saturated heterocycles. The molecule has 0 aliphatic rings. The zero-order valence-corrected chi connectivity index (χ0v) is 9.18. The molecule has 0 radical (unpaired) electrons. The van der Waals surface area contributed by atoms with Gasteiger partial charge in [-0.25, -0.2) is 0 Å². The van der Waals surface area contributed by atoms with Crippen molar-refractivity contribution in [2.24, 2.45) is 11.7 Å². The van der Waals surface area contributed by atoms with Crippen LogP contribution in [0.3, 0.4) is 0 Å². The molecular formula is C10H22N2O. The summed E-state index contributed by atoms with van der Waals surface area (Å²) in [4.78, 5) is 11.3. The molecule has 3 N–H and O–H groups in total. The molecule has 0 saturated carbocycles. The van der Waals surface area contributed by atoms with Gasteiger partial charge in [0.05, 0.1) is 5.54 Å². The highest BCUT2D eigenvalue weighted by atomic mass is 16.1. The van der Waals surface area contributed by atoms with Gasteiger partial charge in [-0.15, -0.1) is 0 Å². The van der Waals surface area contributed by atoms with E-state index in [2.05, 4.69) is 19.2 Å². The lowest BCUT2D eigenvalue weighted by atomic mass is 9.84. The molecule has 0 aliphatic heterocycles. The summed E-state index contributed by atoms with van der Waals surface area (Å²) >= 11 is 0. The maximum atomic E-state index is 11.3. The van der Waals surface area contributed by atoms with Gasteiger partial charge in [0.2, 0.25) is 5.91 Å². The van der Waals surface area contributed by atoms with Crippen molar-refractivity contribution in [3.05, 3.63) is 0 Å². The summed E-state index contributed by atoms with van der Waals surface area (Å²) in [5.41, 5.74) is 4.89. The monoisotopic (exact) mass is 186 g/mol. The first-order valence-corrected chi connectivity index (χ1v) is 5.01. The SMILES string of the molecule is CCC(C)CC(CC)(NC)C(N)=O. The molecule has 0 spiro atoms. The van der Waals surface area contributed by atoms with Gasteiger partial charge < -0.3 is 11.1 Å². The maximum absolute atomic E-state index is 11.3. The standard InChI is InChI=1S/C10H22N2O/c1-5-8(3)7-10(6-2,12-4)9(11)13/h8,12H,5-7H2,1-4H3,(H2,11,13). The highest BCUT2D eigenvalue weighted by Gasteiger charge is 2.33. The van der Waals surface area contributed by atoms with Crippen molar-refractivity contribution in [3.63, 3.8) is 0 Å². The first kappa shape index (κ1) is 12.4. The molecule has 0 aromatic heterocycles. The molecule has 13 heavy (non-hydrogen) atoms. The van der Waals surface area contributed by atoms with E-state index in [1.165, 1.54) is 0 Å². The molecule has 0 bridgehead atoms. The maximum Gasteiger partial charge on any atom is 0.237 e.